The molecule has 9 aromatic carbocycles. The summed E-state index contributed by atoms with van der Waals surface area (Å²) in [5.74, 6) is 0. The normalized spacial score (nSPS) is 12.4. The van der Waals surface area contributed by atoms with Crippen molar-refractivity contribution in [2.24, 2.45) is 0 Å². The Labute approximate surface area is 343 Å². The van der Waals surface area contributed by atoms with E-state index < -0.39 is 5.41 Å². The Morgan fingerprint density at radius 1 is 0.293 bits per heavy atom. The average molecular weight is 737 g/mol. The van der Waals surface area contributed by atoms with E-state index in [0.29, 0.717) is 0 Å². The summed E-state index contributed by atoms with van der Waals surface area (Å²) < 4.78 is 0. The van der Waals surface area contributed by atoms with E-state index in [9.17, 15) is 0 Å². The molecule has 9 aromatic rings. The third-order valence-corrected chi connectivity index (χ3v) is 12.3. The highest BCUT2D eigenvalue weighted by Gasteiger charge is 2.47. The highest BCUT2D eigenvalue weighted by atomic mass is 14.5. The summed E-state index contributed by atoms with van der Waals surface area (Å²) >= 11 is 0. The summed E-state index contributed by atoms with van der Waals surface area (Å²) in [5.41, 5.74) is 18.6. The maximum absolute atomic E-state index is 2.54. The summed E-state index contributed by atoms with van der Waals surface area (Å²) in [6.45, 7) is 2.33. The van der Waals surface area contributed by atoms with Crippen LogP contribution in [0.15, 0.2) is 237 Å². The van der Waals surface area contributed by atoms with Crippen LogP contribution in [0.2, 0.25) is 0 Å². The van der Waals surface area contributed by atoms with E-state index in [1.165, 1.54) is 82.8 Å². The molecule has 0 atom stereocenters. The monoisotopic (exact) mass is 736 g/mol. The molecule has 2 heteroatoms. The molecule has 0 fully saturated rings. The van der Waals surface area contributed by atoms with E-state index in [0.717, 1.165) is 0 Å². The van der Waals surface area contributed by atoms with Crippen LogP contribution < -0.4 is 32.8 Å². The fourth-order valence-electron chi connectivity index (χ4n) is 9.59. The molecule has 0 unspecified atom stereocenters. The van der Waals surface area contributed by atoms with Crippen molar-refractivity contribution in [2.45, 2.75) is 12.3 Å². The van der Waals surface area contributed by atoms with Gasteiger partial charge in [0, 0.05) is 0 Å². The fourth-order valence-corrected chi connectivity index (χ4v) is 9.59. The largest absolute Gasteiger partial charge is 0.241 e. The molecule has 0 heterocycles. The van der Waals surface area contributed by atoms with Crippen LogP contribution >= 0.6 is 0 Å². The predicted octanol–water partition coefficient (Wildman–Crippen LogP) is 9.06. The van der Waals surface area contributed by atoms with Gasteiger partial charge in [-0.05, 0) is 51.4 Å². The minimum Gasteiger partial charge on any atom is -0.0687 e. The SMILES string of the molecule is Cc1ccc(C2(c3ccc(-c4ccccc4)cc3)c3cc(B(c4ccccc4)c4ccccc4)ccc3-c3ccc(B(c4ccccc4)c4ccccc4)cc32)cc1. The van der Waals surface area contributed by atoms with Gasteiger partial charge in [0.2, 0.25) is 13.4 Å². The smallest absolute Gasteiger partial charge is 0.0687 e. The van der Waals surface area contributed by atoms with Gasteiger partial charge in [0.05, 0.1) is 5.41 Å². The number of aryl methyl sites for hydroxylation is 1. The number of fused-ring (bicyclic) bond motifs is 3. The maximum Gasteiger partial charge on any atom is 0.241 e. The van der Waals surface area contributed by atoms with Gasteiger partial charge in [0.15, 0.2) is 0 Å². The van der Waals surface area contributed by atoms with Crippen molar-refractivity contribution in [1.82, 2.24) is 0 Å². The third kappa shape index (κ3) is 6.23. The first-order valence-electron chi connectivity index (χ1n) is 20.4. The standard InChI is InChI=1S/C56H42B2/c1-41-27-31-44(32-28-41)56(45-33-29-43(30-34-45)42-17-7-2-8-18-42)54-39-50(57(46-19-9-3-10-20-46)47-21-11-4-12-22-47)35-37-52(54)53-38-36-51(40-55(53)56)58(48-23-13-5-14-24-48)49-25-15-6-16-26-49/h2-40H,1H3. The van der Waals surface area contributed by atoms with Gasteiger partial charge in [-0.2, -0.15) is 0 Å². The van der Waals surface area contributed by atoms with Crippen molar-refractivity contribution in [3.8, 4) is 22.3 Å². The van der Waals surface area contributed by atoms with Crippen LogP contribution in [0, 0.1) is 6.92 Å². The van der Waals surface area contributed by atoms with Crippen LogP contribution in [0.25, 0.3) is 22.3 Å². The van der Waals surface area contributed by atoms with Crippen LogP contribution in [-0.4, -0.2) is 13.4 Å². The summed E-state index contributed by atoms with van der Waals surface area (Å²) in [5, 5.41) is 0. The molecule has 1 aliphatic carbocycles. The lowest BCUT2D eigenvalue weighted by Gasteiger charge is -2.35. The summed E-state index contributed by atoms with van der Waals surface area (Å²) in [4.78, 5) is 0. The summed E-state index contributed by atoms with van der Waals surface area (Å²) in [6.07, 6.45) is 0. The van der Waals surface area contributed by atoms with E-state index in [2.05, 4.69) is 244 Å². The highest BCUT2D eigenvalue weighted by Crippen LogP contribution is 2.56. The van der Waals surface area contributed by atoms with Gasteiger partial charge in [-0.1, -0.05) is 275 Å². The molecule has 0 bridgehead atoms. The maximum atomic E-state index is 2.54. The predicted molar refractivity (Wildman–Crippen MR) is 249 cm³/mol. The van der Waals surface area contributed by atoms with E-state index in [4.69, 9.17) is 0 Å². The van der Waals surface area contributed by atoms with Crippen LogP contribution in [0.3, 0.4) is 0 Å². The zero-order chi connectivity index (χ0) is 38.9. The molecule has 0 nitrogen and oxygen atoms in total. The first-order valence-corrected chi connectivity index (χ1v) is 20.4. The number of hydrogen-bond acceptors (Lipinski definition) is 0. The lowest BCUT2D eigenvalue weighted by molar-refractivity contribution is 0.769. The first kappa shape index (κ1) is 35.5. The van der Waals surface area contributed by atoms with Gasteiger partial charge in [-0.15, -0.1) is 0 Å². The van der Waals surface area contributed by atoms with Gasteiger partial charge < -0.3 is 0 Å². The van der Waals surface area contributed by atoms with Crippen molar-refractivity contribution in [3.63, 3.8) is 0 Å². The summed E-state index contributed by atoms with van der Waals surface area (Å²) in [6, 6.07) is 88.0. The minimum absolute atomic E-state index is 0.0729. The van der Waals surface area contributed by atoms with Crippen LogP contribution in [-0.2, 0) is 5.41 Å². The second-order valence-corrected chi connectivity index (χ2v) is 15.7. The Kier molecular flexibility index (Phi) is 9.32. The van der Waals surface area contributed by atoms with Crippen LogP contribution in [0.1, 0.15) is 27.8 Å². The topological polar surface area (TPSA) is 0 Å². The molecule has 0 saturated carbocycles. The zero-order valence-corrected chi connectivity index (χ0v) is 32.7. The molecule has 1 aliphatic rings. The van der Waals surface area contributed by atoms with Crippen molar-refractivity contribution in [3.05, 3.63) is 264 Å². The zero-order valence-electron chi connectivity index (χ0n) is 32.7. The van der Waals surface area contributed by atoms with E-state index in [-0.39, 0.29) is 13.4 Å². The molecule has 0 saturated heterocycles. The summed E-state index contributed by atoms with van der Waals surface area (Å²) in [7, 11) is 0. The Hall–Kier alpha value is -6.89. The van der Waals surface area contributed by atoms with Crippen LogP contribution in [0.5, 0.6) is 0 Å². The van der Waals surface area contributed by atoms with Gasteiger partial charge in [-0.3, -0.25) is 0 Å². The van der Waals surface area contributed by atoms with Crippen molar-refractivity contribution < 1.29 is 0 Å². The van der Waals surface area contributed by atoms with E-state index in [1.54, 1.807) is 0 Å². The number of benzene rings is 9. The molecule has 0 spiro atoms. The van der Waals surface area contributed by atoms with E-state index >= 15 is 0 Å². The minimum atomic E-state index is -0.588. The van der Waals surface area contributed by atoms with Gasteiger partial charge in [0.25, 0.3) is 0 Å². The third-order valence-electron chi connectivity index (χ3n) is 12.3. The van der Waals surface area contributed by atoms with Gasteiger partial charge in [0.1, 0.15) is 0 Å². The van der Waals surface area contributed by atoms with Crippen LogP contribution in [0.4, 0.5) is 0 Å². The molecule has 10 rings (SSSR count). The van der Waals surface area contributed by atoms with Crippen molar-refractivity contribution >= 4 is 46.2 Å². The molecular weight excluding hydrogens is 694 g/mol. The Morgan fingerprint density at radius 3 is 1.00 bits per heavy atom. The lowest BCUT2D eigenvalue weighted by atomic mass is 9.36. The number of hydrogen-bond donors (Lipinski definition) is 0. The fraction of sp³-hybridized carbons (Fsp3) is 0.0357. The van der Waals surface area contributed by atoms with Gasteiger partial charge >= 0.3 is 0 Å². The number of rotatable bonds is 9. The molecule has 272 valence electrons. The van der Waals surface area contributed by atoms with Crippen molar-refractivity contribution in [2.75, 3.05) is 0 Å². The Balaban J connectivity index is 1.27. The molecule has 58 heavy (non-hydrogen) atoms. The molecule has 0 amide bonds. The lowest BCUT2D eigenvalue weighted by Crippen LogP contribution is -2.52. The molecule has 0 N–H and O–H groups in total. The van der Waals surface area contributed by atoms with Gasteiger partial charge in [-0.25, -0.2) is 0 Å². The second-order valence-electron chi connectivity index (χ2n) is 15.7. The second kappa shape index (κ2) is 15.2. The Bertz CT molecular complexity index is 2590. The highest BCUT2D eigenvalue weighted by molar-refractivity contribution is 6.96. The molecule has 0 aromatic heterocycles. The molecular formula is C56H42B2. The molecule has 0 radical (unpaired) electrons. The Morgan fingerprint density at radius 2 is 0.621 bits per heavy atom. The van der Waals surface area contributed by atoms with E-state index in [1.807, 2.05) is 0 Å². The average Bonchev–Trinajstić information content (AvgIpc) is 3.58. The molecule has 0 aliphatic heterocycles. The quantitative estimate of drug-likeness (QED) is 0.130. The van der Waals surface area contributed by atoms with Crippen molar-refractivity contribution in [1.29, 1.82) is 0 Å². The first-order chi connectivity index (χ1) is 28.7.